The van der Waals surface area contributed by atoms with Crippen LogP contribution in [0.25, 0.3) is 0 Å². The van der Waals surface area contributed by atoms with E-state index in [-0.39, 0.29) is 15.7 Å². The van der Waals surface area contributed by atoms with Crippen LogP contribution in [0.3, 0.4) is 0 Å². The van der Waals surface area contributed by atoms with Crippen molar-refractivity contribution in [1.82, 2.24) is 3.11 Å². The summed E-state index contributed by atoms with van der Waals surface area (Å²) < 4.78 is 1.07. The molecule has 2 aliphatic rings. The van der Waals surface area contributed by atoms with Gasteiger partial charge in [-0.25, -0.2) is 0 Å². The number of amides is 2. The van der Waals surface area contributed by atoms with E-state index in [1.54, 1.807) is 38.2 Å². The fraction of sp³-hybridized carbons (Fsp3) is 0.333. The molecule has 2 unspecified atom stereocenters. The number of rotatable bonds is 2. The first-order valence-electron chi connectivity index (χ1n) is 6.42. The third kappa shape index (κ3) is 4.36. The summed E-state index contributed by atoms with van der Waals surface area (Å²) in [7, 11) is 0. The first-order chi connectivity index (χ1) is 9.69. The third-order valence-electron chi connectivity index (χ3n) is 2.96. The molecule has 2 N–H and O–H groups in total. The summed E-state index contributed by atoms with van der Waals surface area (Å²) in [4.78, 5) is 23.2. The molecule has 5 nitrogen and oxygen atoms in total. The Morgan fingerprint density at radius 1 is 0.952 bits per heavy atom. The Labute approximate surface area is 133 Å². The van der Waals surface area contributed by atoms with Gasteiger partial charge in [-0.15, -0.1) is 0 Å². The van der Waals surface area contributed by atoms with Crippen LogP contribution in [-0.2, 0) is 9.59 Å². The number of hydrogen-bond acceptors (Lipinski definition) is 4. The molecule has 0 saturated heterocycles. The van der Waals surface area contributed by atoms with Gasteiger partial charge < -0.3 is 0 Å². The van der Waals surface area contributed by atoms with Gasteiger partial charge in [-0.3, -0.25) is 0 Å². The second kappa shape index (κ2) is 5.86. The average molecular weight is 402 g/mol. The summed E-state index contributed by atoms with van der Waals surface area (Å²) in [6.07, 6.45) is 12.3. The van der Waals surface area contributed by atoms with Gasteiger partial charge in [0.05, 0.1) is 0 Å². The van der Waals surface area contributed by atoms with E-state index in [1.807, 2.05) is 0 Å². The zero-order chi connectivity index (χ0) is 15.7. The third-order valence-corrected chi connectivity index (χ3v) is 5.94. The number of aliphatic hydroxyl groups is 2. The Balaban J connectivity index is 2.22. The predicted molar refractivity (Wildman–Crippen MR) is 73.4 cm³/mol. The van der Waals surface area contributed by atoms with Gasteiger partial charge in [0.1, 0.15) is 0 Å². The molecule has 0 aromatic carbocycles. The number of carbonyl (C=O) groups is 2. The number of hydrogen-bond donors (Lipinski definition) is 2. The van der Waals surface area contributed by atoms with Crippen LogP contribution in [0.2, 0.25) is 0 Å². The summed E-state index contributed by atoms with van der Waals surface area (Å²) in [5.41, 5.74) is -2.37. The van der Waals surface area contributed by atoms with Crippen molar-refractivity contribution < 1.29 is 41.3 Å². The Morgan fingerprint density at radius 3 is 1.81 bits per heavy atom. The van der Waals surface area contributed by atoms with Crippen LogP contribution in [0.15, 0.2) is 48.6 Å². The topological polar surface area (TPSA) is 77.8 Å². The predicted octanol–water partition coefficient (Wildman–Crippen LogP) is -2.53. The van der Waals surface area contributed by atoms with Crippen molar-refractivity contribution >= 4 is 11.8 Å². The van der Waals surface area contributed by atoms with Gasteiger partial charge in [-0.2, -0.15) is 0 Å². The normalized spacial score (nSPS) is 40.8. The molecule has 114 valence electrons. The van der Waals surface area contributed by atoms with Crippen LogP contribution in [-0.4, -0.2) is 40.3 Å². The van der Waals surface area contributed by atoms with Crippen molar-refractivity contribution in [2.45, 2.75) is 29.0 Å². The maximum atomic E-state index is 11.6. The van der Waals surface area contributed by atoms with Crippen molar-refractivity contribution in [2.75, 3.05) is 0 Å². The molecule has 2 atom stereocenters. The second-order valence-electron chi connectivity index (χ2n) is 5.34. The van der Waals surface area contributed by atoms with E-state index in [4.69, 9.17) is 0 Å². The maximum absolute atomic E-state index is 11.6. The van der Waals surface area contributed by atoms with Gasteiger partial charge in [0.15, 0.2) is 0 Å². The molecular formula is C15H17INO4-. The second-order valence-corrected chi connectivity index (χ2v) is 8.30. The minimum absolute atomic E-state index is 0.172. The minimum atomic E-state index is -1.19. The number of allylic oxidation sites excluding steroid dienone is 2. The van der Waals surface area contributed by atoms with Gasteiger partial charge >= 0.3 is 134 Å². The summed E-state index contributed by atoms with van der Waals surface area (Å²) in [6, 6.07) is 0. The summed E-state index contributed by atoms with van der Waals surface area (Å²) in [5.74, 6) is -0.600. The molecule has 1 aliphatic heterocycles. The molecule has 2 rings (SSSR count). The van der Waals surface area contributed by atoms with Crippen molar-refractivity contribution in [3.05, 3.63) is 48.6 Å². The molecular weight excluding hydrogens is 385 g/mol. The van der Waals surface area contributed by atoms with Gasteiger partial charge in [-0.1, -0.05) is 0 Å². The fourth-order valence-corrected chi connectivity index (χ4v) is 4.04. The molecule has 0 fully saturated rings. The summed E-state index contributed by atoms with van der Waals surface area (Å²) in [6.45, 7) is 3.20. The number of carbonyl (C=O) groups excluding carboxylic acids is 2. The van der Waals surface area contributed by atoms with E-state index < -0.39 is 32.7 Å². The van der Waals surface area contributed by atoms with Crippen LogP contribution in [0, 0.1) is 0 Å². The Morgan fingerprint density at radius 2 is 1.38 bits per heavy atom. The van der Waals surface area contributed by atoms with Crippen molar-refractivity contribution in [1.29, 1.82) is 0 Å². The van der Waals surface area contributed by atoms with E-state index in [0.717, 1.165) is 0 Å². The Hall–Kier alpha value is -1.25. The van der Waals surface area contributed by atoms with E-state index in [0.29, 0.717) is 0 Å². The van der Waals surface area contributed by atoms with Gasteiger partial charge in [0.25, 0.3) is 0 Å². The van der Waals surface area contributed by atoms with Crippen molar-refractivity contribution in [2.24, 2.45) is 0 Å². The molecule has 1 heterocycles. The van der Waals surface area contributed by atoms with Crippen LogP contribution in [0.1, 0.15) is 13.8 Å². The molecule has 21 heavy (non-hydrogen) atoms. The van der Waals surface area contributed by atoms with Crippen molar-refractivity contribution in [3.63, 3.8) is 0 Å². The Bertz CT molecular complexity index is 526. The van der Waals surface area contributed by atoms with Gasteiger partial charge in [0.2, 0.25) is 0 Å². The zero-order valence-corrected chi connectivity index (χ0v) is 13.9. The monoisotopic (exact) mass is 402 g/mol. The molecule has 0 radical (unpaired) electrons. The van der Waals surface area contributed by atoms with E-state index in [9.17, 15) is 19.8 Å². The van der Waals surface area contributed by atoms with Crippen LogP contribution in [0.5, 0.6) is 0 Å². The molecule has 0 spiro atoms. The number of imide groups is 1. The van der Waals surface area contributed by atoms with E-state index in [1.165, 1.54) is 27.4 Å². The first kappa shape index (κ1) is 16.1. The molecule has 0 bridgehead atoms. The van der Waals surface area contributed by atoms with Crippen LogP contribution >= 0.6 is 0 Å². The number of halogens is 1. The van der Waals surface area contributed by atoms with Gasteiger partial charge in [0, 0.05) is 0 Å². The SMILES string of the molecule is CC1(O)/C=C\C([I-]N2C(=O)C=CC2=O)/C=C\C(C)(O)/C=C\1. The Kier molecular flexibility index (Phi) is 4.50. The number of alkyl halides is 1. The molecule has 0 aromatic rings. The average Bonchev–Trinajstić information content (AvgIpc) is 2.72. The van der Waals surface area contributed by atoms with E-state index >= 15 is 0 Å². The fourth-order valence-electron chi connectivity index (χ4n) is 1.74. The first-order valence-corrected chi connectivity index (χ1v) is 8.63. The molecule has 1 aliphatic carbocycles. The van der Waals surface area contributed by atoms with Crippen molar-refractivity contribution in [3.8, 4) is 0 Å². The van der Waals surface area contributed by atoms with Crippen LogP contribution in [0.4, 0.5) is 0 Å². The summed E-state index contributed by atoms with van der Waals surface area (Å²) in [5, 5.41) is 20.3. The van der Waals surface area contributed by atoms with E-state index in [2.05, 4.69) is 0 Å². The molecule has 0 saturated carbocycles. The zero-order valence-electron chi connectivity index (χ0n) is 11.7. The standard InChI is InChI=1S/C15H17INO4/c1-14(20)7-5-11(6-8-15(2,21)10-9-14)16-17-12(18)3-4-13(17)19/h3-11,20-21H,1-2H3/q-1/b7-5-,8-6-,10-9-. The van der Waals surface area contributed by atoms with Crippen LogP contribution < -0.4 is 21.5 Å². The molecule has 2 amide bonds. The molecule has 0 aromatic heterocycles. The number of nitrogens with zero attached hydrogens (tertiary/aromatic N) is 1. The quantitative estimate of drug-likeness (QED) is 0.176. The molecule has 6 heteroatoms. The van der Waals surface area contributed by atoms with Gasteiger partial charge in [-0.05, 0) is 0 Å². The summed E-state index contributed by atoms with van der Waals surface area (Å²) >= 11 is -0.959.